The summed E-state index contributed by atoms with van der Waals surface area (Å²) in [5.41, 5.74) is 4.13. The van der Waals surface area contributed by atoms with Crippen molar-refractivity contribution < 1.29 is 14.0 Å². The molecule has 0 N–H and O–H groups in total. The van der Waals surface area contributed by atoms with Gasteiger partial charge in [0.2, 0.25) is 0 Å². The summed E-state index contributed by atoms with van der Waals surface area (Å²) in [7, 11) is 0. The standard InChI is InChI=1S/C29H21BrN2O3S/c1-18-8-13-23(16-19(18)2)32-28(34)25(27(33)31(29(32)36)22-6-4-3-5-7-22)17-24-14-15-26(35-24)20-9-11-21(30)12-10-20/h3-17H,1-2H3. The highest BCUT2D eigenvalue weighted by molar-refractivity contribution is 9.10. The van der Waals surface area contributed by atoms with E-state index in [2.05, 4.69) is 15.9 Å². The van der Waals surface area contributed by atoms with Gasteiger partial charge in [-0.15, -0.1) is 0 Å². The topological polar surface area (TPSA) is 53.8 Å². The summed E-state index contributed by atoms with van der Waals surface area (Å²) in [6, 6.07) is 26.0. The van der Waals surface area contributed by atoms with Crippen molar-refractivity contribution in [3.8, 4) is 11.3 Å². The first-order valence-electron chi connectivity index (χ1n) is 11.3. The van der Waals surface area contributed by atoms with E-state index in [1.807, 2.05) is 80.6 Å². The van der Waals surface area contributed by atoms with E-state index in [9.17, 15) is 9.59 Å². The van der Waals surface area contributed by atoms with Crippen LogP contribution in [0.5, 0.6) is 0 Å². The normalized spacial score (nSPS) is 15.2. The van der Waals surface area contributed by atoms with Crippen molar-refractivity contribution in [3.63, 3.8) is 0 Å². The van der Waals surface area contributed by atoms with Crippen molar-refractivity contribution in [2.24, 2.45) is 0 Å². The van der Waals surface area contributed by atoms with E-state index in [1.165, 1.54) is 15.9 Å². The monoisotopic (exact) mass is 556 g/mol. The van der Waals surface area contributed by atoms with Gasteiger partial charge in [-0.2, -0.15) is 0 Å². The van der Waals surface area contributed by atoms with Crippen LogP contribution in [0.25, 0.3) is 17.4 Å². The maximum atomic E-state index is 13.7. The van der Waals surface area contributed by atoms with Crippen LogP contribution in [-0.2, 0) is 9.59 Å². The molecule has 1 saturated heterocycles. The number of benzene rings is 3. The number of hydrogen-bond donors (Lipinski definition) is 0. The molecule has 1 aliphatic heterocycles. The van der Waals surface area contributed by atoms with Gasteiger partial charge in [0.15, 0.2) is 5.11 Å². The third-order valence-electron chi connectivity index (χ3n) is 6.05. The maximum absolute atomic E-state index is 13.7. The Morgan fingerprint density at radius 2 is 1.44 bits per heavy atom. The molecule has 0 saturated carbocycles. The Hall–Kier alpha value is -3.81. The fourth-order valence-electron chi connectivity index (χ4n) is 3.97. The lowest BCUT2D eigenvalue weighted by molar-refractivity contribution is -0.120. The van der Waals surface area contributed by atoms with Gasteiger partial charge in [-0.05, 0) is 91.8 Å². The fourth-order valence-corrected chi connectivity index (χ4v) is 4.61. The zero-order valence-electron chi connectivity index (χ0n) is 19.6. The van der Waals surface area contributed by atoms with Crippen LogP contribution >= 0.6 is 28.1 Å². The van der Waals surface area contributed by atoms with Crippen molar-refractivity contribution in [1.29, 1.82) is 0 Å². The number of nitrogens with zero attached hydrogens (tertiary/aromatic N) is 2. The van der Waals surface area contributed by atoms with Crippen molar-refractivity contribution in [1.82, 2.24) is 0 Å². The van der Waals surface area contributed by atoms with E-state index in [4.69, 9.17) is 16.6 Å². The Bertz CT molecular complexity index is 1520. The molecule has 36 heavy (non-hydrogen) atoms. The van der Waals surface area contributed by atoms with Gasteiger partial charge in [0.25, 0.3) is 11.8 Å². The molecule has 3 aromatic carbocycles. The number of hydrogen-bond acceptors (Lipinski definition) is 4. The second-order valence-electron chi connectivity index (χ2n) is 8.43. The van der Waals surface area contributed by atoms with Gasteiger partial charge < -0.3 is 4.42 Å². The third-order valence-corrected chi connectivity index (χ3v) is 6.95. The van der Waals surface area contributed by atoms with Crippen molar-refractivity contribution in [2.75, 3.05) is 9.80 Å². The van der Waals surface area contributed by atoms with Crippen LogP contribution in [-0.4, -0.2) is 16.9 Å². The predicted octanol–water partition coefficient (Wildman–Crippen LogP) is 7.07. The van der Waals surface area contributed by atoms with Crippen LogP contribution in [0.4, 0.5) is 11.4 Å². The van der Waals surface area contributed by atoms with E-state index in [0.717, 1.165) is 21.2 Å². The minimum Gasteiger partial charge on any atom is -0.457 e. The lowest BCUT2D eigenvalue weighted by Crippen LogP contribution is -2.57. The largest absolute Gasteiger partial charge is 0.457 e. The van der Waals surface area contributed by atoms with Gasteiger partial charge in [0.1, 0.15) is 17.1 Å². The summed E-state index contributed by atoms with van der Waals surface area (Å²) in [5, 5.41) is 0.103. The maximum Gasteiger partial charge on any atom is 0.270 e. The van der Waals surface area contributed by atoms with Gasteiger partial charge in [-0.1, -0.05) is 52.3 Å². The average Bonchev–Trinajstić information content (AvgIpc) is 3.34. The van der Waals surface area contributed by atoms with Gasteiger partial charge in [-0.25, -0.2) is 0 Å². The lowest BCUT2D eigenvalue weighted by Gasteiger charge is -2.36. The second-order valence-corrected chi connectivity index (χ2v) is 9.72. The molecule has 5 rings (SSSR count). The molecule has 0 bridgehead atoms. The first kappa shape index (κ1) is 23.9. The summed E-state index contributed by atoms with van der Waals surface area (Å²) in [6.45, 7) is 3.97. The van der Waals surface area contributed by atoms with Crippen LogP contribution in [0.3, 0.4) is 0 Å². The molecule has 2 amide bonds. The Kier molecular flexibility index (Phi) is 6.43. The molecule has 1 fully saturated rings. The van der Waals surface area contributed by atoms with Crippen LogP contribution in [0.2, 0.25) is 0 Å². The van der Waals surface area contributed by atoms with Crippen LogP contribution in [0.1, 0.15) is 16.9 Å². The summed E-state index contributed by atoms with van der Waals surface area (Å²) < 4.78 is 6.95. The highest BCUT2D eigenvalue weighted by Crippen LogP contribution is 2.32. The minimum absolute atomic E-state index is 0.0395. The van der Waals surface area contributed by atoms with Gasteiger partial charge in [-0.3, -0.25) is 19.4 Å². The van der Waals surface area contributed by atoms with E-state index >= 15 is 0 Å². The number of anilines is 2. The number of halogens is 1. The van der Waals surface area contributed by atoms with E-state index in [1.54, 1.807) is 18.2 Å². The number of rotatable bonds is 4. The minimum atomic E-state index is -0.502. The second kappa shape index (κ2) is 9.68. The SMILES string of the molecule is Cc1ccc(N2C(=O)C(=Cc3ccc(-c4ccc(Br)cc4)o3)C(=O)N(c3ccccc3)C2=S)cc1C. The molecule has 1 aromatic heterocycles. The quantitative estimate of drug-likeness (QED) is 0.153. The smallest absolute Gasteiger partial charge is 0.270 e. The van der Waals surface area contributed by atoms with E-state index in [0.29, 0.717) is 22.9 Å². The first-order chi connectivity index (χ1) is 17.3. The predicted molar refractivity (Wildman–Crippen MR) is 150 cm³/mol. The molecular weight excluding hydrogens is 536 g/mol. The Balaban J connectivity index is 1.60. The molecule has 7 heteroatoms. The average molecular weight is 557 g/mol. The number of thiocarbonyl (C=S) groups is 1. The zero-order chi connectivity index (χ0) is 25.4. The van der Waals surface area contributed by atoms with Crippen molar-refractivity contribution >= 4 is 62.5 Å². The third kappa shape index (κ3) is 4.43. The van der Waals surface area contributed by atoms with Gasteiger partial charge in [0.05, 0.1) is 11.4 Å². The first-order valence-corrected chi connectivity index (χ1v) is 12.5. The van der Waals surface area contributed by atoms with Crippen LogP contribution < -0.4 is 9.80 Å². The highest BCUT2D eigenvalue weighted by Gasteiger charge is 2.41. The van der Waals surface area contributed by atoms with Gasteiger partial charge >= 0.3 is 0 Å². The molecule has 0 radical (unpaired) electrons. The Morgan fingerprint density at radius 3 is 2.11 bits per heavy atom. The highest BCUT2D eigenvalue weighted by atomic mass is 79.9. The number of furan rings is 1. The number of para-hydroxylation sites is 1. The Morgan fingerprint density at radius 1 is 0.778 bits per heavy atom. The summed E-state index contributed by atoms with van der Waals surface area (Å²) >= 11 is 9.12. The molecule has 0 spiro atoms. The molecule has 1 aliphatic rings. The number of amides is 2. The molecule has 178 valence electrons. The molecule has 0 unspecified atom stereocenters. The van der Waals surface area contributed by atoms with Crippen LogP contribution in [0, 0.1) is 13.8 Å². The molecule has 5 nitrogen and oxygen atoms in total. The fraction of sp³-hybridized carbons (Fsp3) is 0.0690. The lowest BCUT2D eigenvalue weighted by atomic mass is 10.1. The molecule has 0 atom stereocenters. The summed E-state index contributed by atoms with van der Waals surface area (Å²) in [4.78, 5) is 30.1. The van der Waals surface area contributed by atoms with Crippen LogP contribution in [0.15, 0.2) is 99.4 Å². The number of aryl methyl sites for hydroxylation is 2. The summed E-state index contributed by atoms with van der Waals surface area (Å²) in [5.74, 6) is 0.0249. The number of carbonyl (C=O) groups excluding carboxylic acids is 2. The van der Waals surface area contributed by atoms with E-state index in [-0.39, 0.29) is 10.7 Å². The summed E-state index contributed by atoms with van der Waals surface area (Å²) in [6.07, 6.45) is 1.48. The van der Waals surface area contributed by atoms with Crippen molar-refractivity contribution in [3.05, 3.63) is 112 Å². The zero-order valence-corrected chi connectivity index (χ0v) is 22.0. The van der Waals surface area contributed by atoms with Gasteiger partial charge in [0, 0.05) is 10.0 Å². The van der Waals surface area contributed by atoms with E-state index < -0.39 is 11.8 Å². The molecule has 4 aromatic rings. The van der Waals surface area contributed by atoms with Crippen molar-refractivity contribution in [2.45, 2.75) is 13.8 Å². The Labute approximate surface area is 222 Å². The molecular formula is C29H21BrN2O3S. The molecule has 0 aliphatic carbocycles. The molecule has 2 heterocycles. The number of carbonyl (C=O) groups is 2.